The molecular formula is C13H12F3N3O3. The molecule has 0 saturated heterocycles. The van der Waals surface area contributed by atoms with Gasteiger partial charge in [0.15, 0.2) is 0 Å². The van der Waals surface area contributed by atoms with Crippen LogP contribution >= 0.6 is 0 Å². The summed E-state index contributed by atoms with van der Waals surface area (Å²) in [5, 5.41) is 5.22. The molecule has 6 nitrogen and oxygen atoms in total. The average Bonchev–Trinajstić information content (AvgIpc) is 3.04. The molecule has 0 bridgehead atoms. The Morgan fingerprint density at radius 1 is 1.41 bits per heavy atom. The Bertz CT molecular complexity index is 688. The Labute approximate surface area is 123 Å². The van der Waals surface area contributed by atoms with E-state index in [-0.39, 0.29) is 5.89 Å². The van der Waals surface area contributed by atoms with Gasteiger partial charge < -0.3 is 14.3 Å². The summed E-state index contributed by atoms with van der Waals surface area (Å²) in [4.78, 5) is 14.9. The normalized spacial score (nSPS) is 13.5. The van der Waals surface area contributed by atoms with E-state index in [0.29, 0.717) is 11.5 Å². The van der Waals surface area contributed by atoms with Crippen LogP contribution in [0, 0.1) is 6.92 Å². The highest BCUT2D eigenvalue weighted by Crippen LogP contribution is 2.27. The van der Waals surface area contributed by atoms with Gasteiger partial charge >= 0.3 is 6.18 Å². The van der Waals surface area contributed by atoms with Crippen LogP contribution in [0.3, 0.4) is 0 Å². The molecule has 1 atom stereocenters. The van der Waals surface area contributed by atoms with Gasteiger partial charge in [-0.2, -0.15) is 18.2 Å². The largest absolute Gasteiger partial charge is 0.462 e. The average molecular weight is 315 g/mol. The minimum Gasteiger partial charge on any atom is -0.462 e. The lowest BCUT2D eigenvalue weighted by molar-refractivity contribution is -0.146. The third kappa shape index (κ3) is 3.96. The zero-order valence-electron chi connectivity index (χ0n) is 11.6. The van der Waals surface area contributed by atoms with Crippen LogP contribution in [-0.2, 0) is 11.0 Å². The maximum Gasteiger partial charge on any atom is 0.455 e. The second-order valence-electron chi connectivity index (χ2n) is 4.47. The van der Waals surface area contributed by atoms with Crippen molar-refractivity contribution in [3.8, 4) is 0 Å². The molecule has 0 aliphatic heterocycles. The molecule has 0 radical (unpaired) electrons. The maximum absolute atomic E-state index is 12.3. The maximum atomic E-state index is 12.3. The first kappa shape index (κ1) is 15.8. The van der Waals surface area contributed by atoms with Gasteiger partial charge in [-0.05, 0) is 32.1 Å². The van der Waals surface area contributed by atoms with Crippen molar-refractivity contribution in [2.45, 2.75) is 26.1 Å². The van der Waals surface area contributed by atoms with Crippen molar-refractivity contribution in [3.63, 3.8) is 0 Å². The summed E-state index contributed by atoms with van der Waals surface area (Å²) < 4.78 is 46.7. The summed E-state index contributed by atoms with van der Waals surface area (Å²) in [6, 6.07) is 2.55. The first-order valence-corrected chi connectivity index (χ1v) is 6.21. The van der Waals surface area contributed by atoms with Crippen molar-refractivity contribution in [1.29, 1.82) is 0 Å². The highest BCUT2D eigenvalue weighted by atomic mass is 19.4. The molecule has 0 aliphatic carbocycles. The summed E-state index contributed by atoms with van der Waals surface area (Å²) in [6.07, 6.45) is -2.07. The zero-order valence-corrected chi connectivity index (χ0v) is 11.6. The number of nitrogens with zero attached hydrogens (tertiary/aromatic N) is 2. The van der Waals surface area contributed by atoms with Gasteiger partial charge in [-0.3, -0.25) is 4.79 Å². The Kier molecular flexibility index (Phi) is 4.34. The molecule has 2 rings (SSSR count). The second kappa shape index (κ2) is 6.04. The van der Waals surface area contributed by atoms with E-state index in [0.717, 1.165) is 0 Å². The van der Waals surface area contributed by atoms with Crippen molar-refractivity contribution in [2.24, 2.45) is 0 Å². The van der Waals surface area contributed by atoms with E-state index in [1.807, 2.05) is 0 Å². The van der Waals surface area contributed by atoms with Gasteiger partial charge in [0.25, 0.3) is 5.82 Å². The molecule has 0 aliphatic rings. The van der Waals surface area contributed by atoms with Gasteiger partial charge in [0, 0.05) is 6.08 Å². The predicted molar refractivity (Wildman–Crippen MR) is 68.3 cm³/mol. The van der Waals surface area contributed by atoms with E-state index >= 15 is 0 Å². The van der Waals surface area contributed by atoms with Crippen LogP contribution in [0.4, 0.5) is 13.2 Å². The number of hydrogen-bond acceptors (Lipinski definition) is 5. The van der Waals surface area contributed by atoms with Crippen molar-refractivity contribution in [1.82, 2.24) is 15.5 Å². The fraction of sp³-hybridized carbons (Fsp3) is 0.308. The monoisotopic (exact) mass is 315 g/mol. The third-order valence-corrected chi connectivity index (χ3v) is 2.58. The molecule has 0 saturated carbocycles. The summed E-state index contributed by atoms with van der Waals surface area (Å²) in [6.45, 7) is 3.18. The third-order valence-electron chi connectivity index (χ3n) is 2.58. The highest BCUT2D eigenvalue weighted by molar-refractivity contribution is 5.91. The molecule has 9 heteroatoms. The number of carbonyl (C=O) groups is 1. The van der Waals surface area contributed by atoms with E-state index in [9.17, 15) is 18.0 Å². The molecule has 2 aromatic heterocycles. The minimum atomic E-state index is -4.69. The number of rotatable bonds is 4. The SMILES string of the molecule is Cc1ccc(/C=C/C(=O)NC(C)c2nc(C(F)(F)F)no2)o1. The molecular weight excluding hydrogens is 303 g/mol. The van der Waals surface area contributed by atoms with Crippen molar-refractivity contribution in [2.75, 3.05) is 0 Å². The predicted octanol–water partition coefficient (Wildman–Crippen LogP) is 2.88. The number of halogens is 3. The minimum absolute atomic E-state index is 0.331. The Hall–Kier alpha value is -2.58. The van der Waals surface area contributed by atoms with Gasteiger partial charge in [-0.25, -0.2) is 0 Å². The number of aryl methyl sites for hydroxylation is 1. The van der Waals surface area contributed by atoms with Crippen molar-refractivity contribution >= 4 is 12.0 Å². The molecule has 0 spiro atoms. The van der Waals surface area contributed by atoms with E-state index in [4.69, 9.17) is 4.42 Å². The Balaban J connectivity index is 1.96. The number of alkyl halides is 3. The lowest BCUT2D eigenvalue weighted by Crippen LogP contribution is -2.25. The molecule has 1 amide bonds. The standard InChI is InChI=1S/C13H12F3N3O3/c1-7-3-4-9(21-7)5-6-10(20)17-8(2)11-18-12(19-22-11)13(14,15)16/h3-6,8H,1-2H3,(H,17,20)/b6-5+. The summed E-state index contributed by atoms with van der Waals surface area (Å²) in [5.41, 5.74) is 0. The number of aromatic nitrogens is 2. The highest BCUT2D eigenvalue weighted by Gasteiger charge is 2.37. The van der Waals surface area contributed by atoms with Crippen molar-refractivity contribution < 1.29 is 26.9 Å². The molecule has 2 aromatic rings. The lowest BCUT2D eigenvalue weighted by atomic mass is 10.3. The topological polar surface area (TPSA) is 81.2 Å². The van der Waals surface area contributed by atoms with Crippen LogP contribution in [-0.4, -0.2) is 16.0 Å². The van der Waals surface area contributed by atoms with E-state index in [1.165, 1.54) is 19.1 Å². The molecule has 1 unspecified atom stereocenters. The number of amides is 1. The number of carbonyl (C=O) groups excluding carboxylic acids is 1. The van der Waals surface area contributed by atoms with Gasteiger partial charge in [-0.15, -0.1) is 0 Å². The van der Waals surface area contributed by atoms with Crippen LogP contribution in [0.2, 0.25) is 0 Å². The van der Waals surface area contributed by atoms with E-state index < -0.39 is 23.9 Å². The van der Waals surface area contributed by atoms with Crippen LogP contribution in [0.1, 0.15) is 36.2 Å². The van der Waals surface area contributed by atoms with Gasteiger partial charge in [0.1, 0.15) is 17.6 Å². The van der Waals surface area contributed by atoms with E-state index in [1.54, 1.807) is 19.1 Å². The Morgan fingerprint density at radius 2 is 2.14 bits per heavy atom. The van der Waals surface area contributed by atoms with Crippen LogP contribution in [0.5, 0.6) is 0 Å². The van der Waals surface area contributed by atoms with Crippen LogP contribution in [0.25, 0.3) is 6.08 Å². The first-order valence-electron chi connectivity index (χ1n) is 6.21. The summed E-state index contributed by atoms with van der Waals surface area (Å²) >= 11 is 0. The first-order chi connectivity index (χ1) is 10.3. The second-order valence-corrected chi connectivity index (χ2v) is 4.47. The number of hydrogen-bond donors (Lipinski definition) is 1. The zero-order chi connectivity index (χ0) is 16.3. The van der Waals surface area contributed by atoms with Crippen molar-refractivity contribution in [3.05, 3.63) is 41.4 Å². The Morgan fingerprint density at radius 3 is 2.68 bits per heavy atom. The van der Waals surface area contributed by atoms with Gasteiger partial charge in [0.05, 0.1) is 0 Å². The van der Waals surface area contributed by atoms with Crippen LogP contribution < -0.4 is 5.32 Å². The van der Waals surface area contributed by atoms with Gasteiger partial charge in [-0.1, -0.05) is 5.16 Å². The molecule has 1 N–H and O–H groups in total. The molecule has 0 aromatic carbocycles. The lowest BCUT2D eigenvalue weighted by Gasteiger charge is -2.06. The molecule has 118 valence electrons. The fourth-order valence-corrected chi connectivity index (χ4v) is 1.55. The summed E-state index contributed by atoms with van der Waals surface area (Å²) in [7, 11) is 0. The quantitative estimate of drug-likeness (QED) is 0.877. The number of furan rings is 1. The number of nitrogens with one attached hydrogen (secondary N) is 1. The fourth-order valence-electron chi connectivity index (χ4n) is 1.55. The summed E-state index contributed by atoms with van der Waals surface area (Å²) in [5.74, 6) is -1.07. The molecule has 0 fully saturated rings. The van der Waals surface area contributed by atoms with E-state index in [2.05, 4.69) is 20.0 Å². The van der Waals surface area contributed by atoms with Gasteiger partial charge in [0.2, 0.25) is 11.8 Å². The smallest absolute Gasteiger partial charge is 0.455 e. The molecule has 2 heterocycles. The van der Waals surface area contributed by atoms with Crippen LogP contribution in [0.15, 0.2) is 27.1 Å². The molecule has 22 heavy (non-hydrogen) atoms.